The highest BCUT2D eigenvalue weighted by atomic mass is 79.9. The number of alkyl halides is 1. The molecule has 3 aliphatic carbocycles. The minimum atomic E-state index is -0.0256. The second-order valence-corrected chi connectivity index (χ2v) is 13.6. The van der Waals surface area contributed by atoms with Crippen LogP contribution in [0.15, 0.2) is 35.5 Å². The van der Waals surface area contributed by atoms with Crippen LogP contribution in [-0.2, 0) is 9.53 Å². The molecule has 0 aromatic carbocycles. The molecule has 0 spiro atoms. The van der Waals surface area contributed by atoms with Crippen LogP contribution >= 0.6 is 15.9 Å². The molecule has 0 heterocycles. The van der Waals surface area contributed by atoms with Gasteiger partial charge in [0, 0.05) is 18.2 Å². The summed E-state index contributed by atoms with van der Waals surface area (Å²) in [4.78, 5) is 12.3. The van der Waals surface area contributed by atoms with Crippen LogP contribution < -0.4 is 0 Å². The lowest BCUT2D eigenvalue weighted by Crippen LogP contribution is -2.36. The van der Waals surface area contributed by atoms with Gasteiger partial charge in [0.15, 0.2) is 0 Å². The van der Waals surface area contributed by atoms with Gasteiger partial charge in [-0.25, -0.2) is 0 Å². The van der Waals surface area contributed by atoms with Gasteiger partial charge in [0.25, 0.3) is 0 Å². The van der Waals surface area contributed by atoms with Crippen molar-refractivity contribution in [3.8, 4) is 0 Å². The van der Waals surface area contributed by atoms with Gasteiger partial charge in [0.05, 0.1) is 0 Å². The summed E-state index contributed by atoms with van der Waals surface area (Å²) in [6, 6.07) is 0. The number of carbonyl (C=O) groups is 1. The Bertz CT molecular complexity index is 794. The van der Waals surface area contributed by atoms with Gasteiger partial charge >= 0.3 is 5.97 Å². The van der Waals surface area contributed by atoms with Crippen molar-refractivity contribution in [1.82, 2.24) is 0 Å². The van der Waals surface area contributed by atoms with E-state index in [1.165, 1.54) is 62.5 Å². The molecule has 3 heteroatoms. The molecule has 0 aliphatic heterocycles. The second kappa shape index (κ2) is 14.4. The van der Waals surface area contributed by atoms with Crippen LogP contribution in [0.3, 0.4) is 0 Å². The molecule has 2 nitrogen and oxygen atoms in total. The van der Waals surface area contributed by atoms with E-state index >= 15 is 0 Å². The highest BCUT2D eigenvalue weighted by Crippen LogP contribution is 2.60. The standard InChI is InChI=1S/C33H53BrO2/c1-24(2)11-9-12-26(4)30-19-20-31-27(13-10-21-33(30,31)5)16-17-28-23-29(18-15-25(28)3)36-32(35)14-7-6-8-22-34/h16-17,24,26,29-31H,3,6-15,18-23H2,1-2,4-5H3/b27-16+,28-17-/t26-,29+,30?,31+,33-/m1/s1. The number of hydrogen-bond acceptors (Lipinski definition) is 2. The second-order valence-electron chi connectivity index (χ2n) is 12.8. The fourth-order valence-corrected chi connectivity index (χ4v) is 7.93. The molecule has 3 aliphatic rings. The number of allylic oxidation sites excluding steroid dienone is 4. The first-order valence-electron chi connectivity index (χ1n) is 15.1. The van der Waals surface area contributed by atoms with Crippen molar-refractivity contribution in [3.63, 3.8) is 0 Å². The third-order valence-corrected chi connectivity index (χ3v) is 10.2. The summed E-state index contributed by atoms with van der Waals surface area (Å²) in [5, 5.41) is 1.01. The first kappa shape index (κ1) is 29.7. The average molecular weight is 562 g/mol. The van der Waals surface area contributed by atoms with Crippen LogP contribution in [-0.4, -0.2) is 17.4 Å². The number of halogens is 1. The SMILES string of the molecule is C=C1CC[C@H](OC(=O)CCCCCBr)C/C1=C/C=C1\CCC[C@]2(C)C([C@H](C)CCCC(C)C)CC[C@@H]12. The molecule has 36 heavy (non-hydrogen) atoms. The molecular formula is C33H53BrO2. The molecule has 204 valence electrons. The van der Waals surface area contributed by atoms with Crippen LogP contribution in [0.4, 0.5) is 0 Å². The van der Waals surface area contributed by atoms with Crippen molar-refractivity contribution < 1.29 is 9.53 Å². The smallest absolute Gasteiger partial charge is 0.306 e. The van der Waals surface area contributed by atoms with Crippen LogP contribution in [0.1, 0.15) is 124 Å². The monoisotopic (exact) mass is 560 g/mol. The largest absolute Gasteiger partial charge is 0.462 e. The molecule has 1 unspecified atom stereocenters. The van der Waals surface area contributed by atoms with E-state index in [-0.39, 0.29) is 12.1 Å². The van der Waals surface area contributed by atoms with Gasteiger partial charge < -0.3 is 4.74 Å². The van der Waals surface area contributed by atoms with Crippen molar-refractivity contribution >= 4 is 21.9 Å². The number of rotatable bonds is 12. The highest BCUT2D eigenvalue weighted by Gasteiger charge is 2.50. The zero-order valence-electron chi connectivity index (χ0n) is 23.8. The average Bonchev–Trinajstić information content (AvgIpc) is 3.19. The maximum absolute atomic E-state index is 12.3. The summed E-state index contributed by atoms with van der Waals surface area (Å²) in [7, 11) is 0. The van der Waals surface area contributed by atoms with E-state index in [1.807, 2.05) is 0 Å². The van der Waals surface area contributed by atoms with Gasteiger partial charge in [-0.3, -0.25) is 4.79 Å². The number of fused-ring (bicyclic) bond motifs is 1. The van der Waals surface area contributed by atoms with E-state index in [9.17, 15) is 4.79 Å². The number of ether oxygens (including phenoxy) is 1. The van der Waals surface area contributed by atoms with E-state index < -0.39 is 0 Å². The van der Waals surface area contributed by atoms with Crippen molar-refractivity contribution in [2.75, 3.05) is 5.33 Å². The van der Waals surface area contributed by atoms with E-state index in [1.54, 1.807) is 5.57 Å². The highest BCUT2D eigenvalue weighted by molar-refractivity contribution is 9.09. The Morgan fingerprint density at radius 2 is 1.89 bits per heavy atom. The summed E-state index contributed by atoms with van der Waals surface area (Å²) in [5.41, 5.74) is 4.68. The van der Waals surface area contributed by atoms with Crippen LogP contribution in [0.25, 0.3) is 0 Å². The Balaban J connectivity index is 1.60. The molecular weight excluding hydrogens is 508 g/mol. The molecule has 3 saturated carbocycles. The van der Waals surface area contributed by atoms with Crippen LogP contribution in [0.2, 0.25) is 0 Å². The predicted octanol–water partition coefficient (Wildman–Crippen LogP) is 10.1. The zero-order valence-corrected chi connectivity index (χ0v) is 25.3. The Labute approximate surface area is 230 Å². The summed E-state index contributed by atoms with van der Waals surface area (Å²) in [6.07, 6.45) is 22.1. The maximum atomic E-state index is 12.3. The van der Waals surface area contributed by atoms with Gasteiger partial charge in [-0.2, -0.15) is 0 Å². The quantitative estimate of drug-likeness (QED) is 0.135. The molecule has 0 radical (unpaired) electrons. The minimum Gasteiger partial charge on any atom is -0.462 e. The van der Waals surface area contributed by atoms with Gasteiger partial charge in [0.2, 0.25) is 0 Å². The van der Waals surface area contributed by atoms with Gasteiger partial charge in [-0.1, -0.05) is 99.2 Å². The summed E-state index contributed by atoms with van der Waals surface area (Å²) in [6.45, 7) is 14.2. The van der Waals surface area contributed by atoms with E-state index in [0.29, 0.717) is 11.8 Å². The topological polar surface area (TPSA) is 26.3 Å². The number of hydrogen-bond donors (Lipinski definition) is 0. The zero-order chi connectivity index (χ0) is 26.1. The first-order valence-corrected chi connectivity index (χ1v) is 16.2. The van der Waals surface area contributed by atoms with Gasteiger partial charge in [0.1, 0.15) is 6.10 Å². The molecule has 0 amide bonds. The van der Waals surface area contributed by atoms with Crippen molar-refractivity contribution in [1.29, 1.82) is 0 Å². The van der Waals surface area contributed by atoms with E-state index in [2.05, 4.69) is 62.4 Å². The molecule has 0 N–H and O–H groups in total. The molecule has 0 bridgehead atoms. The first-order chi connectivity index (χ1) is 17.2. The van der Waals surface area contributed by atoms with Crippen LogP contribution in [0.5, 0.6) is 0 Å². The maximum Gasteiger partial charge on any atom is 0.306 e. The predicted molar refractivity (Wildman–Crippen MR) is 157 cm³/mol. The number of carbonyl (C=O) groups excluding carboxylic acids is 1. The Morgan fingerprint density at radius 3 is 2.64 bits per heavy atom. The molecule has 0 saturated heterocycles. The van der Waals surface area contributed by atoms with Crippen molar-refractivity contribution in [3.05, 3.63) is 35.5 Å². The lowest BCUT2D eigenvalue weighted by molar-refractivity contribution is -0.149. The van der Waals surface area contributed by atoms with Crippen molar-refractivity contribution in [2.45, 2.75) is 130 Å². The van der Waals surface area contributed by atoms with Crippen LogP contribution in [0, 0.1) is 29.1 Å². The Morgan fingerprint density at radius 1 is 1.08 bits per heavy atom. The third kappa shape index (κ3) is 8.08. The van der Waals surface area contributed by atoms with E-state index in [0.717, 1.165) is 67.5 Å². The molecule has 0 aromatic heterocycles. The molecule has 5 atom stereocenters. The Kier molecular flexibility index (Phi) is 11.9. The number of unbranched alkanes of at least 4 members (excludes halogenated alkanes) is 2. The number of esters is 1. The summed E-state index contributed by atoms with van der Waals surface area (Å²) >= 11 is 3.46. The minimum absolute atomic E-state index is 0.0167. The Hall–Kier alpha value is -0.830. The van der Waals surface area contributed by atoms with Gasteiger partial charge in [-0.15, -0.1) is 0 Å². The third-order valence-electron chi connectivity index (χ3n) is 9.65. The van der Waals surface area contributed by atoms with Crippen molar-refractivity contribution in [2.24, 2.45) is 29.1 Å². The molecule has 3 rings (SSSR count). The lowest BCUT2D eigenvalue weighted by atomic mass is 9.60. The van der Waals surface area contributed by atoms with Gasteiger partial charge in [-0.05, 0) is 92.4 Å². The fraction of sp³-hybridized carbons (Fsp3) is 0.788. The lowest BCUT2D eigenvalue weighted by Gasteiger charge is -2.44. The van der Waals surface area contributed by atoms with E-state index in [4.69, 9.17) is 4.74 Å². The summed E-state index contributed by atoms with van der Waals surface area (Å²) in [5.74, 6) is 3.25. The summed E-state index contributed by atoms with van der Waals surface area (Å²) < 4.78 is 5.86. The normalized spacial score (nSPS) is 31.7. The fourth-order valence-electron chi connectivity index (χ4n) is 7.53. The molecule has 3 fully saturated rings. The molecule has 0 aromatic rings.